The lowest BCUT2D eigenvalue weighted by Gasteiger charge is -2.34. The topological polar surface area (TPSA) is 29.5 Å². The summed E-state index contributed by atoms with van der Waals surface area (Å²) in [5, 5.41) is 0. The molecule has 0 spiro atoms. The molecule has 0 N–H and O–H groups in total. The first-order valence-electron chi connectivity index (χ1n) is 7.99. The second kappa shape index (κ2) is 6.97. The molecule has 2 rings (SSSR count). The van der Waals surface area contributed by atoms with Crippen LogP contribution >= 0.6 is 0 Å². The number of hydrogen-bond donors (Lipinski definition) is 0. The number of methoxy groups -OCH3 is 1. The van der Waals surface area contributed by atoms with E-state index in [-0.39, 0.29) is 5.78 Å². The average Bonchev–Trinajstić information content (AvgIpc) is 2.97. The first-order chi connectivity index (χ1) is 10.0. The number of ketones is 1. The molecule has 0 bridgehead atoms. The van der Waals surface area contributed by atoms with Crippen LogP contribution in [0.25, 0.3) is 0 Å². The van der Waals surface area contributed by atoms with E-state index in [0.29, 0.717) is 17.7 Å². The lowest BCUT2D eigenvalue weighted by Crippen LogP contribution is -2.37. The van der Waals surface area contributed by atoms with Gasteiger partial charge in [0.2, 0.25) is 0 Å². The molecule has 0 radical (unpaired) electrons. The number of Topliss-reactive ketones (excluding diaryl/α,β-unsaturated/α-hetero) is 1. The summed E-state index contributed by atoms with van der Waals surface area (Å²) < 4.78 is 5.42. The summed E-state index contributed by atoms with van der Waals surface area (Å²) in [4.78, 5) is 14.6. The van der Waals surface area contributed by atoms with Gasteiger partial charge in [-0.1, -0.05) is 32.8 Å². The summed E-state index contributed by atoms with van der Waals surface area (Å²) in [5.41, 5.74) is 1.77. The van der Waals surface area contributed by atoms with Crippen molar-refractivity contribution in [3.05, 3.63) is 23.8 Å². The highest BCUT2D eigenvalue weighted by Crippen LogP contribution is 2.35. The Morgan fingerprint density at radius 3 is 2.52 bits per heavy atom. The molecule has 1 aromatic carbocycles. The number of rotatable bonds is 6. The molecule has 0 atom stereocenters. The van der Waals surface area contributed by atoms with Gasteiger partial charge in [-0.05, 0) is 37.8 Å². The van der Waals surface area contributed by atoms with Crippen LogP contribution < -0.4 is 9.64 Å². The zero-order valence-electron chi connectivity index (χ0n) is 13.7. The van der Waals surface area contributed by atoms with Gasteiger partial charge in [0.05, 0.1) is 18.4 Å². The molecule has 0 unspecified atom stereocenters. The Labute approximate surface area is 128 Å². The number of nitrogens with zero attached hydrogens (tertiary/aromatic N) is 1. The highest BCUT2D eigenvalue weighted by atomic mass is 16.5. The summed E-state index contributed by atoms with van der Waals surface area (Å²) in [6, 6.07) is 6.49. The van der Waals surface area contributed by atoms with Crippen LogP contribution in [0.2, 0.25) is 0 Å². The number of benzene rings is 1. The maximum absolute atomic E-state index is 12.1. The Balaban J connectivity index is 2.45. The molecule has 0 aliphatic heterocycles. The van der Waals surface area contributed by atoms with Crippen molar-refractivity contribution in [2.75, 3.05) is 18.6 Å². The van der Waals surface area contributed by atoms with Gasteiger partial charge in [0.25, 0.3) is 0 Å². The number of anilines is 1. The van der Waals surface area contributed by atoms with E-state index in [1.54, 1.807) is 14.0 Å². The van der Waals surface area contributed by atoms with E-state index in [0.717, 1.165) is 17.8 Å². The Morgan fingerprint density at radius 1 is 1.33 bits per heavy atom. The highest BCUT2D eigenvalue weighted by Gasteiger charge is 2.27. The number of carbonyl (C=O) groups is 1. The first-order valence-corrected chi connectivity index (χ1v) is 7.99. The standard InChI is InChI=1S/C18H27NO2/c1-13(2)12-19(15-8-5-6-9-15)16-10-7-11-17(21-4)18(16)14(3)20/h7,10-11,13,15H,5-6,8-9,12H2,1-4H3. The van der Waals surface area contributed by atoms with Crippen LogP contribution in [0.3, 0.4) is 0 Å². The third-order valence-corrected chi connectivity index (χ3v) is 4.21. The van der Waals surface area contributed by atoms with Gasteiger partial charge in [-0.15, -0.1) is 0 Å². The number of hydrogen-bond acceptors (Lipinski definition) is 3. The van der Waals surface area contributed by atoms with Crippen LogP contribution in [0, 0.1) is 5.92 Å². The molecular formula is C18H27NO2. The molecule has 116 valence electrons. The Hall–Kier alpha value is -1.51. The van der Waals surface area contributed by atoms with Crippen molar-refractivity contribution in [2.45, 2.75) is 52.5 Å². The summed E-state index contributed by atoms with van der Waals surface area (Å²) in [6.45, 7) is 7.08. The Bertz CT molecular complexity index is 490. The van der Waals surface area contributed by atoms with E-state index >= 15 is 0 Å². The molecule has 0 amide bonds. The predicted octanol–water partition coefficient (Wildman–Crippen LogP) is 4.30. The highest BCUT2D eigenvalue weighted by molar-refractivity contribution is 6.02. The Kier molecular flexibility index (Phi) is 5.27. The number of ether oxygens (including phenoxy) is 1. The van der Waals surface area contributed by atoms with Crippen molar-refractivity contribution in [1.29, 1.82) is 0 Å². The molecule has 0 aromatic heterocycles. The lowest BCUT2D eigenvalue weighted by atomic mass is 10.0. The van der Waals surface area contributed by atoms with Gasteiger partial charge in [-0.25, -0.2) is 0 Å². The minimum Gasteiger partial charge on any atom is -0.496 e. The average molecular weight is 289 g/mol. The maximum atomic E-state index is 12.1. The second-order valence-electron chi connectivity index (χ2n) is 6.40. The molecule has 0 heterocycles. The van der Waals surface area contributed by atoms with Gasteiger partial charge in [0, 0.05) is 12.6 Å². The molecule has 1 aliphatic rings. The largest absolute Gasteiger partial charge is 0.496 e. The van der Waals surface area contributed by atoms with Crippen LogP contribution in [0.15, 0.2) is 18.2 Å². The quantitative estimate of drug-likeness (QED) is 0.731. The molecule has 21 heavy (non-hydrogen) atoms. The van der Waals surface area contributed by atoms with E-state index < -0.39 is 0 Å². The van der Waals surface area contributed by atoms with Gasteiger partial charge in [0.15, 0.2) is 5.78 Å². The molecule has 1 saturated carbocycles. The molecule has 1 fully saturated rings. The van der Waals surface area contributed by atoms with Crippen LogP contribution in [0.4, 0.5) is 5.69 Å². The van der Waals surface area contributed by atoms with Crippen molar-refractivity contribution in [2.24, 2.45) is 5.92 Å². The van der Waals surface area contributed by atoms with Crippen molar-refractivity contribution in [3.63, 3.8) is 0 Å². The van der Waals surface area contributed by atoms with E-state index in [4.69, 9.17) is 4.74 Å². The molecular weight excluding hydrogens is 262 g/mol. The van der Waals surface area contributed by atoms with E-state index in [9.17, 15) is 4.79 Å². The zero-order valence-corrected chi connectivity index (χ0v) is 13.7. The number of carbonyl (C=O) groups excluding carboxylic acids is 1. The fourth-order valence-corrected chi connectivity index (χ4v) is 3.34. The van der Waals surface area contributed by atoms with Crippen molar-refractivity contribution >= 4 is 11.5 Å². The van der Waals surface area contributed by atoms with Crippen LogP contribution in [-0.2, 0) is 0 Å². The normalized spacial score (nSPS) is 15.5. The first kappa shape index (κ1) is 15.9. The molecule has 0 saturated heterocycles. The predicted molar refractivity (Wildman–Crippen MR) is 87.4 cm³/mol. The monoisotopic (exact) mass is 289 g/mol. The summed E-state index contributed by atoms with van der Waals surface area (Å²) >= 11 is 0. The van der Waals surface area contributed by atoms with E-state index in [2.05, 4.69) is 24.8 Å². The summed E-state index contributed by atoms with van der Waals surface area (Å²) in [5.74, 6) is 1.33. The molecule has 3 heteroatoms. The van der Waals surface area contributed by atoms with Gasteiger partial charge in [-0.2, -0.15) is 0 Å². The summed E-state index contributed by atoms with van der Waals surface area (Å²) in [7, 11) is 1.63. The van der Waals surface area contributed by atoms with Crippen molar-refractivity contribution in [3.8, 4) is 5.75 Å². The van der Waals surface area contributed by atoms with Crippen LogP contribution in [0.1, 0.15) is 56.8 Å². The maximum Gasteiger partial charge on any atom is 0.165 e. The van der Waals surface area contributed by atoms with E-state index in [1.165, 1.54) is 25.7 Å². The SMILES string of the molecule is COc1cccc(N(CC(C)C)C2CCCC2)c1C(C)=O. The summed E-state index contributed by atoms with van der Waals surface area (Å²) in [6.07, 6.45) is 5.03. The Morgan fingerprint density at radius 2 is 2.00 bits per heavy atom. The zero-order chi connectivity index (χ0) is 15.4. The third kappa shape index (κ3) is 3.58. The van der Waals surface area contributed by atoms with Gasteiger partial charge in [-0.3, -0.25) is 4.79 Å². The van der Waals surface area contributed by atoms with E-state index in [1.807, 2.05) is 12.1 Å². The molecule has 1 aromatic rings. The lowest BCUT2D eigenvalue weighted by molar-refractivity contribution is 0.101. The minimum atomic E-state index is 0.0780. The third-order valence-electron chi connectivity index (χ3n) is 4.21. The van der Waals surface area contributed by atoms with Crippen molar-refractivity contribution < 1.29 is 9.53 Å². The second-order valence-corrected chi connectivity index (χ2v) is 6.40. The van der Waals surface area contributed by atoms with Crippen LogP contribution in [0.5, 0.6) is 5.75 Å². The van der Waals surface area contributed by atoms with Gasteiger partial charge < -0.3 is 9.64 Å². The molecule has 1 aliphatic carbocycles. The fraction of sp³-hybridized carbons (Fsp3) is 0.611. The van der Waals surface area contributed by atoms with Gasteiger partial charge >= 0.3 is 0 Å². The van der Waals surface area contributed by atoms with Gasteiger partial charge in [0.1, 0.15) is 5.75 Å². The van der Waals surface area contributed by atoms with Crippen molar-refractivity contribution in [1.82, 2.24) is 0 Å². The fourth-order valence-electron chi connectivity index (χ4n) is 3.34. The minimum absolute atomic E-state index is 0.0780. The smallest absolute Gasteiger partial charge is 0.165 e. The van der Waals surface area contributed by atoms with Crippen LogP contribution in [-0.4, -0.2) is 25.5 Å². The molecule has 3 nitrogen and oxygen atoms in total.